The number of rotatable bonds is 7. The molecule has 1 atom stereocenters. The van der Waals surface area contributed by atoms with Crippen LogP contribution in [-0.2, 0) is 4.84 Å². The Balaban J connectivity index is 1.95. The predicted molar refractivity (Wildman–Crippen MR) is 105 cm³/mol. The standard InChI is InChI=1S/C19H20FN3O4S/c1-10-3-4-15(14(20)6-10)22-19-16(17(26)23-27-9-12(25)8-24)13-5-11(2)7-21-18(13)28-19/h3-7,12,22,24-25H,8-9H2,1-2H3,(H,23,26). The number of aryl methyl sites for hydroxylation is 2. The number of nitrogens with zero attached hydrogens (tertiary/aromatic N) is 1. The number of pyridine rings is 1. The van der Waals surface area contributed by atoms with Crippen molar-refractivity contribution < 1.29 is 24.2 Å². The van der Waals surface area contributed by atoms with Crippen LogP contribution in [0.2, 0.25) is 0 Å². The van der Waals surface area contributed by atoms with Crippen molar-refractivity contribution in [2.75, 3.05) is 18.5 Å². The average molecular weight is 405 g/mol. The van der Waals surface area contributed by atoms with Crippen LogP contribution in [0.1, 0.15) is 21.5 Å². The van der Waals surface area contributed by atoms with E-state index in [-0.39, 0.29) is 17.9 Å². The molecule has 0 radical (unpaired) electrons. The number of benzene rings is 1. The Morgan fingerprint density at radius 2 is 2.11 bits per heavy atom. The van der Waals surface area contributed by atoms with E-state index < -0.39 is 24.4 Å². The van der Waals surface area contributed by atoms with Crippen LogP contribution >= 0.6 is 11.3 Å². The van der Waals surface area contributed by atoms with E-state index in [1.165, 1.54) is 17.4 Å². The molecule has 0 bridgehead atoms. The van der Waals surface area contributed by atoms with Crippen LogP contribution in [0, 0.1) is 19.7 Å². The molecule has 0 spiro atoms. The molecular formula is C19H20FN3O4S. The van der Waals surface area contributed by atoms with Gasteiger partial charge in [0.25, 0.3) is 5.91 Å². The molecular weight excluding hydrogens is 385 g/mol. The van der Waals surface area contributed by atoms with Gasteiger partial charge >= 0.3 is 0 Å². The highest BCUT2D eigenvalue weighted by atomic mass is 32.1. The number of halogens is 1. The zero-order valence-electron chi connectivity index (χ0n) is 15.3. The molecule has 28 heavy (non-hydrogen) atoms. The lowest BCUT2D eigenvalue weighted by Gasteiger charge is -2.11. The van der Waals surface area contributed by atoms with Crippen LogP contribution < -0.4 is 10.8 Å². The minimum absolute atomic E-state index is 0.236. The van der Waals surface area contributed by atoms with Crippen LogP contribution in [-0.4, -0.2) is 40.4 Å². The first-order valence-electron chi connectivity index (χ1n) is 8.52. The van der Waals surface area contributed by atoms with E-state index in [0.717, 1.165) is 11.1 Å². The van der Waals surface area contributed by atoms with Gasteiger partial charge in [0.15, 0.2) is 0 Å². The molecule has 0 aliphatic heterocycles. The van der Waals surface area contributed by atoms with Gasteiger partial charge in [0.05, 0.1) is 17.9 Å². The Hall–Kier alpha value is -2.59. The first-order chi connectivity index (χ1) is 13.4. The maximum Gasteiger partial charge on any atom is 0.278 e. The Kier molecular flexibility index (Phi) is 6.20. The summed E-state index contributed by atoms with van der Waals surface area (Å²) in [6.45, 7) is 2.89. The Morgan fingerprint density at radius 3 is 2.82 bits per heavy atom. The number of fused-ring (bicyclic) bond motifs is 1. The topological polar surface area (TPSA) is 104 Å². The Labute approximate surface area is 164 Å². The molecule has 3 aromatic rings. The number of anilines is 2. The van der Waals surface area contributed by atoms with E-state index in [4.69, 9.17) is 9.94 Å². The quantitative estimate of drug-likeness (QED) is 0.451. The van der Waals surface area contributed by atoms with Crippen LogP contribution in [0.4, 0.5) is 15.1 Å². The van der Waals surface area contributed by atoms with Gasteiger partial charge in [-0.2, -0.15) is 0 Å². The third-order valence-corrected chi connectivity index (χ3v) is 4.96. The van der Waals surface area contributed by atoms with Crippen molar-refractivity contribution in [2.24, 2.45) is 0 Å². The van der Waals surface area contributed by atoms with E-state index in [1.807, 2.05) is 13.0 Å². The summed E-state index contributed by atoms with van der Waals surface area (Å²) in [6.07, 6.45) is 0.577. The van der Waals surface area contributed by atoms with Crippen LogP contribution in [0.5, 0.6) is 0 Å². The second-order valence-corrected chi connectivity index (χ2v) is 7.36. The van der Waals surface area contributed by atoms with Gasteiger partial charge in [0, 0.05) is 11.6 Å². The number of hydroxylamine groups is 1. The average Bonchev–Trinajstić information content (AvgIpc) is 3.00. The Morgan fingerprint density at radius 1 is 1.32 bits per heavy atom. The molecule has 2 aromatic heterocycles. The first-order valence-corrected chi connectivity index (χ1v) is 9.34. The largest absolute Gasteiger partial charge is 0.394 e. The normalized spacial score (nSPS) is 12.2. The molecule has 0 saturated heterocycles. The minimum Gasteiger partial charge on any atom is -0.394 e. The van der Waals surface area contributed by atoms with Gasteiger partial charge in [0.2, 0.25) is 0 Å². The number of amides is 1. The molecule has 1 aromatic carbocycles. The SMILES string of the molecule is Cc1ccc(Nc2sc3ncc(C)cc3c2C(=O)NOCC(O)CO)c(F)c1. The highest BCUT2D eigenvalue weighted by molar-refractivity contribution is 7.23. The van der Waals surface area contributed by atoms with Crippen LogP contribution in [0.25, 0.3) is 10.2 Å². The number of hydrogen-bond acceptors (Lipinski definition) is 7. The van der Waals surface area contributed by atoms with Crippen molar-refractivity contribution in [3.05, 3.63) is 53.0 Å². The number of thiophene rings is 1. The molecule has 2 heterocycles. The van der Waals surface area contributed by atoms with Crippen molar-refractivity contribution in [1.29, 1.82) is 0 Å². The summed E-state index contributed by atoms with van der Waals surface area (Å²) in [5.41, 5.74) is 4.39. The zero-order chi connectivity index (χ0) is 20.3. The van der Waals surface area contributed by atoms with E-state index in [2.05, 4.69) is 15.8 Å². The molecule has 0 aliphatic rings. The van der Waals surface area contributed by atoms with Crippen molar-refractivity contribution in [1.82, 2.24) is 10.5 Å². The molecule has 0 aliphatic carbocycles. The highest BCUT2D eigenvalue weighted by Gasteiger charge is 2.21. The number of hydrogen-bond donors (Lipinski definition) is 4. The zero-order valence-corrected chi connectivity index (χ0v) is 16.1. The molecule has 148 valence electrons. The molecule has 1 amide bonds. The number of nitrogens with one attached hydrogen (secondary N) is 2. The van der Waals surface area contributed by atoms with Gasteiger partial charge in [-0.1, -0.05) is 17.4 Å². The van der Waals surface area contributed by atoms with Gasteiger partial charge in [-0.05, 0) is 43.2 Å². The lowest BCUT2D eigenvalue weighted by Crippen LogP contribution is -2.30. The molecule has 9 heteroatoms. The van der Waals surface area contributed by atoms with E-state index >= 15 is 0 Å². The number of aliphatic hydroxyl groups is 2. The lowest BCUT2D eigenvalue weighted by atomic mass is 10.1. The third-order valence-electron chi connectivity index (χ3n) is 3.93. The van der Waals surface area contributed by atoms with E-state index in [9.17, 15) is 14.3 Å². The van der Waals surface area contributed by atoms with Gasteiger partial charge in [-0.15, -0.1) is 0 Å². The molecule has 3 rings (SSSR count). The second kappa shape index (κ2) is 8.61. The van der Waals surface area contributed by atoms with E-state index in [0.29, 0.717) is 15.2 Å². The lowest BCUT2D eigenvalue weighted by molar-refractivity contribution is -0.0294. The number of carbonyl (C=O) groups is 1. The van der Waals surface area contributed by atoms with Crippen molar-refractivity contribution in [3.8, 4) is 0 Å². The van der Waals surface area contributed by atoms with Gasteiger partial charge < -0.3 is 15.5 Å². The third kappa shape index (κ3) is 4.45. The number of carbonyl (C=O) groups excluding carboxylic acids is 1. The summed E-state index contributed by atoms with van der Waals surface area (Å²) >= 11 is 1.22. The summed E-state index contributed by atoms with van der Waals surface area (Å²) in [5, 5.41) is 22.1. The van der Waals surface area contributed by atoms with E-state index in [1.54, 1.807) is 25.3 Å². The molecule has 7 nitrogen and oxygen atoms in total. The molecule has 4 N–H and O–H groups in total. The smallest absolute Gasteiger partial charge is 0.278 e. The van der Waals surface area contributed by atoms with Crippen molar-refractivity contribution in [2.45, 2.75) is 20.0 Å². The second-order valence-electron chi connectivity index (χ2n) is 6.36. The van der Waals surface area contributed by atoms with Crippen LogP contribution in [0.3, 0.4) is 0 Å². The van der Waals surface area contributed by atoms with Gasteiger partial charge in [-0.3, -0.25) is 9.63 Å². The summed E-state index contributed by atoms with van der Waals surface area (Å²) in [5.74, 6) is -1.01. The predicted octanol–water partition coefficient (Wildman–Crippen LogP) is 2.81. The Bertz CT molecular complexity index is 1010. The van der Waals surface area contributed by atoms with Crippen molar-refractivity contribution in [3.63, 3.8) is 0 Å². The maximum atomic E-state index is 14.3. The number of aliphatic hydroxyl groups excluding tert-OH is 2. The maximum absolute atomic E-state index is 14.3. The fourth-order valence-electron chi connectivity index (χ4n) is 2.55. The van der Waals surface area contributed by atoms with Crippen LogP contribution in [0.15, 0.2) is 30.5 Å². The molecule has 0 fully saturated rings. The molecule has 1 unspecified atom stereocenters. The number of aromatic nitrogens is 1. The van der Waals surface area contributed by atoms with Gasteiger partial charge in [-0.25, -0.2) is 14.9 Å². The monoisotopic (exact) mass is 405 g/mol. The first kappa shape index (κ1) is 20.2. The van der Waals surface area contributed by atoms with Crippen molar-refractivity contribution >= 4 is 38.1 Å². The summed E-state index contributed by atoms with van der Waals surface area (Å²) in [4.78, 5) is 22.6. The summed E-state index contributed by atoms with van der Waals surface area (Å²) < 4.78 is 14.3. The van der Waals surface area contributed by atoms with Gasteiger partial charge in [0.1, 0.15) is 28.4 Å². The summed E-state index contributed by atoms with van der Waals surface area (Å²) in [7, 11) is 0. The summed E-state index contributed by atoms with van der Waals surface area (Å²) in [6, 6.07) is 6.58. The fraction of sp³-hybridized carbons (Fsp3) is 0.263. The minimum atomic E-state index is -1.11. The molecule has 0 saturated carbocycles. The fourth-order valence-corrected chi connectivity index (χ4v) is 3.59. The highest BCUT2D eigenvalue weighted by Crippen LogP contribution is 2.37.